The molecule has 0 aliphatic heterocycles. The third kappa shape index (κ3) is 2.19. The van der Waals surface area contributed by atoms with E-state index in [1.807, 2.05) is 6.07 Å². The third-order valence-electron chi connectivity index (χ3n) is 3.12. The van der Waals surface area contributed by atoms with Gasteiger partial charge >= 0.3 is 0 Å². The first-order valence-electron chi connectivity index (χ1n) is 5.55. The number of aliphatic hydroxyl groups is 2. The van der Waals surface area contributed by atoms with Crippen molar-refractivity contribution in [1.29, 1.82) is 0 Å². The molecule has 0 bridgehead atoms. The lowest BCUT2D eigenvalue weighted by atomic mass is 9.96. The van der Waals surface area contributed by atoms with Gasteiger partial charge in [0.05, 0.1) is 6.10 Å². The van der Waals surface area contributed by atoms with Crippen LogP contribution in [0.5, 0.6) is 0 Å². The van der Waals surface area contributed by atoms with E-state index >= 15 is 0 Å². The van der Waals surface area contributed by atoms with Crippen molar-refractivity contribution in [1.82, 2.24) is 4.98 Å². The van der Waals surface area contributed by atoms with Gasteiger partial charge in [0.2, 0.25) is 0 Å². The molecule has 0 fully saturated rings. The lowest BCUT2D eigenvalue weighted by molar-refractivity contribution is 0.120. The van der Waals surface area contributed by atoms with Gasteiger partial charge in [-0.2, -0.15) is 0 Å². The molecule has 82 valence electrons. The summed E-state index contributed by atoms with van der Waals surface area (Å²) in [6.07, 6.45) is 4.77. The van der Waals surface area contributed by atoms with Gasteiger partial charge in [-0.05, 0) is 37.3 Å². The van der Waals surface area contributed by atoms with Crippen molar-refractivity contribution >= 4 is 0 Å². The Hall–Kier alpha value is -0.930. The van der Waals surface area contributed by atoms with Crippen LogP contribution in [0.15, 0.2) is 18.3 Å². The molecule has 0 radical (unpaired) electrons. The summed E-state index contributed by atoms with van der Waals surface area (Å²) >= 11 is 0. The maximum absolute atomic E-state index is 9.98. The Bertz CT molecular complexity index is 327. The van der Waals surface area contributed by atoms with Crippen molar-refractivity contribution in [2.45, 2.75) is 37.7 Å². The molecule has 2 unspecified atom stereocenters. The van der Waals surface area contributed by atoms with E-state index in [9.17, 15) is 5.11 Å². The number of rotatable bonds is 4. The predicted octanol–water partition coefficient (Wildman–Crippen LogP) is 1.24. The molecular weight excluding hydrogens is 190 g/mol. The van der Waals surface area contributed by atoms with Gasteiger partial charge in [0, 0.05) is 24.4 Å². The monoisotopic (exact) mass is 207 g/mol. The molecular formula is C12H17NO2. The van der Waals surface area contributed by atoms with E-state index in [4.69, 9.17) is 5.11 Å². The van der Waals surface area contributed by atoms with Crippen molar-refractivity contribution in [3.8, 4) is 0 Å². The zero-order valence-electron chi connectivity index (χ0n) is 8.76. The van der Waals surface area contributed by atoms with E-state index in [-0.39, 0.29) is 18.6 Å². The van der Waals surface area contributed by atoms with Gasteiger partial charge in [-0.3, -0.25) is 4.98 Å². The Morgan fingerprint density at radius 1 is 1.53 bits per heavy atom. The molecule has 3 nitrogen and oxygen atoms in total. The molecule has 1 aromatic heterocycles. The van der Waals surface area contributed by atoms with Gasteiger partial charge in [-0.15, -0.1) is 0 Å². The topological polar surface area (TPSA) is 53.4 Å². The maximum atomic E-state index is 9.98. The van der Waals surface area contributed by atoms with Gasteiger partial charge < -0.3 is 10.2 Å². The summed E-state index contributed by atoms with van der Waals surface area (Å²) in [5, 5.41) is 18.7. The highest BCUT2D eigenvalue weighted by atomic mass is 16.3. The highest BCUT2D eigenvalue weighted by Gasteiger charge is 2.29. The van der Waals surface area contributed by atoms with Crippen molar-refractivity contribution < 1.29 is 10.2 Å². The van der Waals surface area contributed by atoms with Crippen molar-refractivity contribution in [2.24, 2.45) is 0 Å². The molecule has 1 aliphatic rings. The van der Waals surface area contributed by atoms with Crippen LogP contribution < -0.4 is 0 Å². The zero-order chi connectivity index (χ0) is 10.7. The first kappa shape index (κ1) is 10.6. The quantitative estimate of drug-likeness (QED) is 0.781. The summed E-state index contributed by atoms with van der Waals surface area (Å²) in [4.78, 5) is 4.35. The Morgan fingerprint density at radius 3 is 3.20 bits per heavy atom. The Kier molecular flexibility index (Phi) is 3.34. The van der Waals surface area contributed by atoms with E-state index in [1.165, 1.54) is 5.56 Å². The average Bonchev–Trinajstić information content (AvgIpc) is 2.69. The fourth-order valence-corrected chi connectivity index (χ4v) is 2.32. The largest absolute Gasteiger partial charge is 0.396 e. The average molecular weight is 207 g/mol. The van der Waals surface area contributed by atoms with Crippen molar-refractivity contribution in [3.63, 3.8) is 0 Å². The van der Waals surface area contributed by atoms with E-state index in [0.717, 1.165) is 18.5 Å². The molecule has 1 aliphatic carbocycles. The minimum Gasteiger partial charge on any atom is -0.396 e. The molecule has 2 atom stereocenters. The van der Waals surface area contributed by atoms with E-state index < -0.39 is 0 Å². The van der Waals surface area contributed by atoms with E-state index in [0.29, 0.717) is 12.8 Å². The summed E-state index contributed by atoms with van der Waals surface area (Å²) in [6.45, 7) is 0.152. The third-order valence-corrected chi connectivity index (χ3v) is 3.12. The summed E-state index contributed by atoms with van der Waals surface area (Å²) in [6, 6.07) is 4.03. The Morgan fingerprint density at radius 2 is 2.40 bits per heavy atom. The highest BCUT2D eigenvalue weighted by Crippen LogP contribution is 2.34. The number of pyridine rings is 1. The molecule has 0 spiro atoms. The van der Waals surface area contributed by atoms with Gasteiger partial charge in [-0.1, -0.05) is 6.07 Å². The second-order valence-electron chi connectivity index (χ2n) is 4.13. The smallest absolute Gasteiger partial charge is 0.0624 e. The number of aryl methyl sites for hydroxylation is 1. The van der Waals surface area contributed by atoms with Crippen LogP contribution in [0.2, 0.25) is 0 Å². The molecule has 0 saturated heterocycles. The summed E-state index contributed by atoms with van der Waals surface area (Å²) < 4.78 is 0. The number of hydrogen-bond acceptors (Lipinski definition) is 3. The fraction of sp³-hybridized carbons (Fsp3) is 0.583. The molecule has 15 heavy (non-hydrogen) atoms. The zero-order valence-corrected chi connectivity index (χ0v) is 8.76. The van der Waals surface area contributed by atoms with Crippen LogP contribution in [0.4, 0.5) is 0 Å². The van der Waals surface area contributed by atoms with Crippen molar-refractivity contribution in [3.05, 3.63) is 29.6 Å². The van der Waals surface area contributed by atoms with Gasteiger partial charge in [0.25, 0.3) is 0 Å². The lowest BCUT2D eigenvalue weighted by Gasteiger charge is -2.17. The van der Waals surface area contributed by atoms with Gasteiger partial charge in [0.15, 0.2) is 0 Å². The van der Waals surface area contributed by atoms with Crippen LogP contribution in [0.25, 0.3) is 0 Å². The second-order valence-corrected chi connectivity index (χ2v) is 4.13. The van der Waals surface area contributed by atoms with Gasteiger partial charge in [0.1, 0.15) is 0 Å². The minimum absolute atomic E-state index is 0.152. The van der Waals surface area contributed by atoms with Crippen molar-refractivity contribution in [2.75, 3.05) is 6.61 Å². The first-order chi connectivity index (χ1) is 7.33. The van der Waals surface area contributed by atoms with Crippen LogP contribution in [-0.2, 0) is 6.42 Å². The summed E-state index contributed by atoms with van der Waals surface area (Å²) in [5.41, 5.74) is 2.33. The summed E-state index contributed by atoms with van der Waals surface area (Å²) in [5.74, 6) is 0.174. The summed E-state index contributed by atoms with van der Waals surface area (Å²) in [7, 11) is 0. The predicted molar refractivity (Wildman–Crippen MR) is 57.6 cm³/mol. The molecule has 2 N–H and O–H groups in total. The number of nitrogens with zero attached hydrogens (tertiary/aromatic N) is 1. The number of aliphatic hydroxyl groups excluding tert-OH is 2. The first-order valence-corrected chi connectivity index (χ1v) is 5.55. The maximum Gasteiger partial charge on any atom is 0.0624 e. The molecule has 0 saturated carbocycles. The lowest BCUT2D eigenvalue weighted by Crippen LogP contribution is -2.17. The number of hydrogen-bond donors (Lipinski definition) is 2. The molecule has 0 aromatic carbocycles. The second kappa shape index (κ2) is 4.73. The molecule has 2 rings (SSSR count). The van der Waals surface area contributed by atoms with Crippen LogP contribution in [0, 0.1) is 0 Å². The highest BCUT2D eigenvalue weighted by molar-refractivity contribution is 5.29. The van der Waals surface area contributed by atoms with Gasteiger partial charge in [-0.25, -0.2) is 0 Å². The number of aromatic nitrogens is 1. The molecule has 1 aromatic rings. The molecule has 0 amide bonds. The molecule has 3 heteroatoms. The minimum atomic E-state index is -0.353. The molecule has 1 heterocycles. The Labute approximate surface area is 89.8 Å². The Balaban J connectivity index is 2.06. The van der Waals surface area contributed by atoms with E-state index in [1.54, 1.807) is 6.20 Å². The van der Waals surface area contributed by atoms with Crippen LogP contribution >= 0.6 is 0 Å². The van der Waals surface area contributed by atoms with Crippen LogP contribution in [0.3, 0.4) is 0 Å². The fourth-order valence-electron chi connectivity index (χ4n) is 2.32. The standard InChI is InChI=1S/C12H17NO2/c14-8-2-4-11(15)10-6-5-9-3-1-7-13-12(9)10/h1,3,7,10-11,14-15H,2,4-6,8H2. The van der Waals surface area contributed by atoms with E-state index in [2.05, 4.69) is 11.1 Å². The van der Waals surface area contributed by atoms with Crippen LogP contribution in [-0.4, -0.2) is 27.9 Å². The number of fused-ring (bicyclic) bond motifs is 1. The van der Waals surface area contributed by atoms with Crippen LogP contribution in [0.1, 0.15) is 36.4 Å². The SMILES string of the molecule is OCCCC(O)C1CCc2cccnc21. The normalized spacial score (nSPS) is 21.3.